The zero-order valence-electron chi connectivity index (χ0n) is 9.13. The molecule has 1 N–H and O–H groups in total. The van der Waals surface area contributed by atoms with Gasteiger partial charge >= 0.3 is 0 Å². The summed E-state index contributed by atoms with van der Waals surface area (Å²) in [6.07, 6.45) is 0.373. The van der Waals surface area contributed by atoms with Crippen molar-refractivity contribution in [2.75, 3.05) is 16.4 Å². The molecular formula is C10H12Cl3NO2S. The van der Waals surface area contributed by atoms with Gasteiger partial charge in [-0.1, -0.05) is 29.3 Å². The quantitative estimate of drug-likeness (QED) is 0.842. The summed E-state index contributed by atoms with van der Waals surface area (Å²) in [7, 11) is -3.46. The van der Waals surface area contributed by atoms with Gasteiger partial charge in [-0.25, -0.2) is 8.42 Å². The first-order valence-electron chi connectivity index (χ1n) is 4.88. The lowest BCUT2D eigenvalue weighted by Crippen LogP contribution is -2.17. The van der Waals surface area contributed by atoms with Crippen LogP contribution in [0.5, 0.6) is 0 Å². The fourth-order valence-electron chi connectivity index (χ4n) is 1.20. The summed E-state index contributed by atoms with van der Waals surface area (Å²) in [5.41, 5.74) is 0.981. The van der Waals surface area contributed by atoms with Gasteiger partial charge in [0.25, 0.3) is 0 Å². The molecule has 0 heterocycles. The Morgan fingerprint density at radius 2 is 1.94 bits per heavy atom. The monoisotopic (exact) mass is 315 g/mol. The average molecular weight is 317 g/mol. The highest BCUT2D eigenvalue weighted by atomic mass is 35.5. The van der Waals surface area contributed by atoms with Crippen LogP contribution in [-0.4, -0.2) is 20.1 Å². The van der Waals surface area contributed by atoms with Crippen molar-refractivity contribution in [3.8, 4) is 0 Å². The molecular weight excluding hydrogens is 305 g/mol. The van der Waals surface area contributed by atoms with E-state index in [-0.39, 0.29) is 22.3 Å². The van der Waals surface area contributed by atoms with Gasteiger partial charge in [-0.15, -0.1) is 11.6 Å². The SMILES string of the molecule is Cc1ccc(Cl)c(NS(=O)(=O)CCCCl)c1Cl. The van der Waals surface area contributed by atoms with E-state index in [1.54, 1.807) is 19.1 Å². The number of anilines is 1. The first-order chi connectivity index (χ1) is 7.87. The van der Waals surface area contributed by atoms with Crippen LogP contribution in [0.3, 0.4) is 0 Å². The Bertz CT molecular complexity index is 503. The molecule has 0 amide bonds. The largest absolute Gasteiger partial charge is 0.281 e. The number of benzene rings is 1. The normalized spacial score (nSPS) is 11.5. The highest BCUT2D eigenvalue weighted by Crippen LogP contribution is 2.33. The molecule has 0 spiro atoms. The molecule has 17 heavy (non-hydrogen) atoms. The van der Waals surface area contributed by atoms with E-state index < -0.39 is 10.0 Å². The van der Waals surface area contributed by atoms with E-state index in [1.807, 2.05) is 0 Å². The summed E-state index contributed by atoms with van der Waals surface area (Å²) < 4.78 is 25.8. The molecule has 1 aromatic carbocycles. The highest BCUT2D eigenvalue weighted by molar-refractivity contribution is 7.92. The van der Waals surface area contributed by atoms with Crippen LogP contribution < -0.4 is 4.72 Å². The number of hydrogen-bond donors (Lipinski definition) is 1. The first-order valence-corrected chi connectivity index (χ1v) is 7.82. The van der Waals surface area contributed by atoms with Gasteiger partial charge in [-0.2, -0.15) is 0 Å². The molecule has 0 saturated heterocycles. The van der Waals surface area contributed by atoms with Crippen LogP contribution in [0.1, 0.15) is 12.0 Å². The topological polar surface area (TPSA) is 46.2 Å². The Hall–Kier alpha value is -0.160. The van der Waals surface area contributed by atoms with E-state index in [0.29, 0.717) is 11.4 Å². The maximum Gasteiger partial charge on any atom is 0.232 e. The first kappa shape index (κ1) is 14.9. The van der Waals surface area contributed by atoms with Gasteiger partial charge < -0.3 is 0 Å². The zero-order valence-corrected chi connectivity index (χ0v) is 12.2. The lowest BCUT2D eigenvalue weighted by Gasteiger charge is -2.12. The molecule has 3 nitrogen and oxygen atoms in total. The lowest BCUT2D eigenvalue weighted by molar-refractivity contribution is 0.600. The van der Waals surface area contributed by atoms with Crippen molar-refractivity contribution in [2.24, 2.45) is 0 Å². The highest BCUT2D eigenvalue weighted by Gasteiger charge is 2.15. The maximum atomic E-state index is 11.7. The number of rotatable bonds is 5. The number of nitrogens with one attached hydrogen (secondary N) is 1. The third kappa shape index (κ3) is 4.21. The van der Waals surface area contributed by atoms with E-state index in [1.165, 1.54) is 0 Å². The summed E-state index contributed by atoms with van der Waals surface area (Å²) in [4.78, 5) is 0. The van der Waals surface area contributed by atoms with Gasteiger partial charge in [-0.3, -0.25) is 4.72 Å². The molecule has 0 aliphatic heterocycles. The number of alkyl halides is 1. The molecule has 0 bridgehead atoms. The van der Waals surface area contributed by atoms with Crippen LogP contribution in [0.4, 0.5) is 5.69 Å². The molecule has 0 aliphatic rings. The van der Waals surface area contributed by atoms with Crippen molar-refractivity contribution < 1.29 is 8.42 Å². The standard InChI is InChI=1S/C10H12Cl3NO2S/c1-7-3-4-8(12)10(9(7)13)14-17(15,16)6-2-5-11/h3-4,14H,2,5-6H2,1H3. The van der Waals surface area contributed by atoms with Gasteiger partial charge in [0, 0.05) is 5.88 Å². The molecule has 0 aliphatic carbocycles. The van der Waals surface area contributed by atoms with Crippen molar-refractivity contribution >= 4 is 50.5 Å². The van der Waals surface area contributed by atoms with E-state index in [9.17, 15) is 8.42 Å². The minimum absolute atomic E-state index is 0.0584. The van der Waals surface area contributed by atoms with E-state index in [4.69, 9.17) is 34.8 Å². The van der Waals surface area contributed by atoms with E-state index in [0.717, 1.165) is 5.56 Å². The van der Waals surface area contributed by atoms with Gasteiger partial charge in [0.05, 0.1) is 21.5 Å². The van der Waals surface area contributed by atoms with Crippen molar-refractivity contribution in [3.05, 3.63) is 27.7 Å². The molecule has 0 unspecified atom stereocenters. The van der Waals surface area contributed by atoms with E-state index >= 15 is 0 Å². The minimum atomic E-state index is -3.46. The molecule has 1 aromatic rings. The second-order valence-electron chi connectivity index (χ2n) is 3.52. The number of hydrogen-bond acceptors (Lipinski definition) is 2. The Morgan fingerprint density at radius 3 is 2.53 bits per heavy atom. The van der Waals surface area contributed by atoms with Crippen molar-refractivity contribution in [1.82, 2.24) is 0 Å². The molecule has 0 atom stereocenters. The van der Waals surface area contributed by atoms with Crippen LogP contribution in [0.2, 0.25) is 10.0 Å². The molecule has 7 heteroatoms. The third-order valence-corrected chi connectivity index (χ3v) is 4.50. The Balaban J connectivity index is 2.99. The maximum absolute atomic E-state index is 11.7. The van der Waals surface area contributed by atoms with Crippen LogP contribution in [0, 0.1) is 6.92 Å². The molecule has 0 saturated carbocycles. The van der Waals surface area contributed by atoms with Crippen molar-refractivity contribution in [3.63, 3.8) is 0 Å². The Labute approximate surface area is 116 Å². The van der Waals surface area contributed by atoms with Gasteiger partial charge in [0.15, 0.2) is 0 Å². The smallest absolute Gasteiger partial charge is 0.232 e. The molecule has 0 fully saturated rings. The fourth-order valence-corrected chi connectivity index (χ4v) is 3.22. The predicted octanol–water partition coefficient (Wildman–Crippen LogP) is 3.67. The van der Waals surface area contributed by atoms with Crippen LogP contribution in [0.15, 0.2) is 12.1 Å². The molecule has 1 rings (SSSR count). The second-order valence-corrected chi connectivity index (χ2v) is 6.52. The fraction of sp³-hybridized carbons (Fsp3) is 0.400. The van der Waals surface area contributed by atoms with Crippen LogP contribution in [-0.2, 0) is 10.0 Å². The predicted molar refractivity (Wildman–Crippen MR) is 73.9 cm³/mol. The third-order valence-electron chi connectivity index (χ3n) is 2.09. The number of aryl methyl sites for hydroxylation is 1. The van der Waals surface area contributed by atoms with Gasteiger partial charge in [0.2, 0.25) is 10.0 Å². The van der Waals surface area contributed by atoms with Gasteiger partial charge in [0.1, 0.15) is 0 Å². The number of halogens is 3. The van der Waals surface area contributed by atoms with Gasteiger partial charge in [-0.05, 0) is 25.0 Å². The summed E-state index contributed by atoms with van der Waals surface area (Å²) in [5.74, 6) is 0.229. The van der Waals surface area contributed by atoms with Crippen LogP contribution in [0.25, 0.3) is 0 Å². The second kappa shape index (κ2) is 6.14. The number of sulfonamides is 1. The van der Waals surface area contributed by atoms with Crippen molar-refractivity contribution in [2.45, 2.75) is 13.3 Å². The average Bonchev–Trinajstić information content (AvgIpc) is 2.27. The van der Waals surface area contributed by atoms with Crippen LogP contribution >= 0.6 is 34.8 Å². The lowest BCUT2D eigenvalue weighted by atomic mass is 10.2. The van der Waals surface area contributed by atoms with E-state index in [2.05, 4.69) is 4.72 Å². The molecule has 0 radical (unpaired) electrons. The summed E-state index contributed by atoms with van der Waals surface area (Å²) >= 11 is 17.4. The zero-order chi connectivity index (χ0) is 13.1. The summed E-state index contributed by atoms with van der Waals surface area (Å²) in [5, 5.41) is 0.585. The molecule has 96 valence electrons. The summed E-state index contributed by atoms with van der Waals surface area (Å²) in [6.45, 7) is 1.77. The minimum Gasteiger partial charge on any atom is -0.281 e. The Kier molecular flexibility index (Phi) is 5.38. The molecule has 0 aromatic heterocycles. The van der Waals surface area contributed by atoms with Crippen molar-refractivity contribution in [1.29, 1.82) is 0 Å². The Morgan fingerprint density at radius 1 is 1.29 bits per heavy atom. The summed E-state index contributed by atoms with van der Waals surface area (Å²) in [6, 6.07) is 3.32.